The van der Waals surface area contributed by atoms with Gasteiger partial charge in [0, 0.05) is 26.1 Å². The Hall–Kier alpha value is -0.840. The van der Waals surface area contributed by atoms with Crippen LogP contribution >= 0.6 is 0 Å². The first kappa shape index (κ1) is 13.2. The van der Waals surface area contributed by atoms with Gasteiger partial charge in [0.05, 0.1) is 19.3 Å². The summed E-state index contributed by atoms with van der Waals surface area (Å²) in [7, 11) is 0. The third-order valence-corrected chi connectivity index (χ3v) is 4.09. The number of hydrogen-bond acceptors (Lipinski definition) is 4. The molecule has 4 heteroatoms. The Balaban J connectivity index is 1.70. The highest BCUT2D eigenvalue weighted by molar-refractivity contribution is 5.06. The number of morpholine rings is 1. The molecule has 2 aliphatic heterocycles. The summed E-state index contributed by atoms with van der Waals surface area (Å²) in [6, 6.07) is 4.10. The van der Waals surface area contributed by atoms with Crippen molar-refractivity contribution in [1.82, 2.24) is 4.90 Å². The van der Waals surface area contributed by atoms with Crippen LogP contribution < -0.4 is 0 Å². The fourth-order valence-electron chi connectivity index (χ4n) is 3.12. The third-order valence-electron chi connectivity index (χ3n) is 4.09. The minimum Gasteiger partial charge on any atom is -0.465 e. The molecule has 2 aliphatic rings. The van der Waals surface area contributed by atoms with Crippen LogP contribution in [0.25, 0.3) is 0 Å². The average Bonchev–Trinajstić information content (AvgIpc) is 2.99. The van der Waals surface area contributed by atoms with Crippen LogP contribution in [0.3, 0.4) is 0 Å². The predicted molar refractivity (Wildman–Crippen MR) is 72.1 cm³/mol. The largest absolute Gasteiger partial charge is 0.465 e. The molecule has 0 aromatic carbocycles. The lowest BCUT2D eigenvalue weighted by Crippen LogP contribution is -2.55. The molecule has 0 saturated carbocycles. The third kappa shape index (κ3) is 2.86. The van der Waals surface area contributed by atoms with Crippen molar-refractivity contribution in [2.75, 3.05) is 26.3 Å². The summed E-state index contributed by atoms with van der Waals surface area (Å²) in [5, 5.41) is 0. The second-order valence-electron chi connectivity index (χ2n) is 5.82. The quantitative estimate of drug-likeness (QED) is 0.840. The van der Waals surface area contributed by atoms with E-state index in [1.165, 1.54) is 0 Å². The highest BCUT2D eigenvalue weighted by atomic mass is 16.6. The molecule has 0 amide bonds. The van der Waals surface area contributed by atoms with Gasteiger partial charge in [0.25, 0.3) is 0 Å². The van der Waals surface area contributed by atoms with Gasteiger partial charge in [-0.05, 0) is 25.5 Å². The van der Waals surface area contributed by atoms with Crippen molar-refractivity contribution in [2.24, 2.45) is 0 Å². The highest BCUT2D eigenvalue weighted by Crippen LogP contribution is 2.31. The fraction of sp³-hybridized carbons (Fsp3) is 0.733. The van der Waals surface area contributed by atoms with E-state index in [0.717, 1.165) is 57.2 Å². The van der Waals surface area contributed by atoms with E-state index in [9.17, 15) is 0 Å². The van der Waals surface area contributed by atoms with Gasteiger partial charge in [0.2, 0.25) is 0 Å². The minimum absolute atomic E-state index is 0.0828. The van der Waals surface area contributed by atoms with Crippen molar-refractivity contribution in [3.05, 3.63) is 23.7 Å². The number of aryl methyl sites for hydroxylation is 1. The van der Waals surface area contributed by atoms with E-state index in [-0.39, 0.29) is 5.60 Å². The Kier molecular flexibility index (Phi) is 3.65. The SMILES string of the molecule is CC[C@@H]1CN(Cc2ccc(C)o2)C[C@@]2(CCOC2)O1. The van der Waals surface area contributed by atoms with Crippen molar-refractivity contribution in [3.8, 4) is 0 Å². The van der Waals surface area contributed by atoms with E-state index >= 15 is 0 Å². The van der Waals surface area contributed by atoms with Crippen molar-refractivity contribution in [1.29, 1.82) is 0 Å². The van der Waals surface area contributed by atoms with Gasteiger partial charge in [-0.2, -0.15) is 0 Å². The fourth-order valence-corrected chi connectivity index (χ4v) is 3.12. The molecule has 1 spiro atoms. The van der Waals surface area contributed by atoms with Crippen LogP contribution in [0.15, 0.2) is 16.5 Å². The Morgan fingerprint density at radius 3 is 2.95 bits per heavy atom. The van der Waals surface area contributed by atoms with Crippen LogP contribution in [0.2, 0.25) is 0 Å². The molecule has 1 aromatic heterocycles. The van der Waals surface area contributed by atoms with E-state index in [0.29, 0.717) is 6.10 Å². The summed E-state index contributed by atoms with van der Waals surface area (Å²) in [6.45, 7) is 8.54. The number of nitrogens with zero attached hydrogens (tertiary/aromatic N) is 1. The molecule has 4 nitrogen and oxygen atoms in total. The summed E-state index contributed by atoms with van der Waals surface area (Å²) < 4.78 is 17.5. The first-order valence-electron chi connectivity index (χ1n) is 7.22. The lowest BCUT2D eigenvalue weighted by atomic mass is 9.98. The van der Waals surface area contributed by atoms with Crippen molar-refractivity contribution in [3.63, 3.8) is 0 Å². The first-order valence-corrected chi connectivity index (χ1v) is 7.22. The number of hydrogen-bond donors (Lipinski definition) is 0. The zero-order valence-corrected chi connectivity index (χ0v) is 11.9. The Labute approximate surface area is 114 Å². The lowest BCUT2D eigenvalue weighted by Gasteiger charge is -2.43. The molecule has 19 heavy (non-hydrogen) atoms. The topological polar surface area (TPSA) is 34.8 Å². The van der Waals surface area contributed by atoms with Crippen LogP contribution in [-0.2, 0) is 16.0 Å². The number of rotatable bonds is 3. The van der Waals surface area contributed by atoms with E-state index in [2.05, 4.69) is 17.9 Å². The van der Waals surface area contributed by atoms with Gasteiger partial charge in [0.1, 0.15) is 17.1 Å². The standard InChI is InChI=1S/C15H23NO3/c1-3-13-8-16(9-14-5-4-12(2)18-14)10-15(19-13)6-7-17-11-15/h4-5,13H,3,6-11H2,1-2H3/t13-,15-/m1/s1. The summed E-state index contributed by atoms with van der Waals surface area (Å²) in [5.74, 6) is 2.03. The van der Waals surface area contributed by atoms with E-state index in [1.807, 2.05) is 13.0 Å². The molecule has 0 radical (unpaired) electrons. The number of furan rings is 1. The Morgan fingerprint density at radius 1 is 1.42 bits per heavy atom. The Morgan fingerprint density at radius 2 is 2.32 bits per heavy atom. The molecule has 0 unspecified atom stereocenters. The van der Waals surface area contributed by atoms with Crippen molar-refractivity contribution in [2.45, 2.75) is 44.9 Å². The maximum Gasteiger partial charge on any atom is 0.118 e. The molecular formula is C15H23NO3. The van der Waals surface area contributed by atoms with Crippen LogP contribution in [0.1, 0.15) is 31.3 Å². The minimum atomic E-state index is -0.0828. The average molecular weight is 265 g/mol. The summed E-state index contributed by atoms with van der Waals surface area (Å²) in [4.78, 5) is 2.45. The first-order chi connectivity index (χ1) is 9.19. The molecular weight excluding hydrogens is 242 g/mol. The number of ether oxygens (including phenoxy) is 2. The molecule has 2 fully saturated rings. The summed E-state index contributed by atoms with van der Waals surface area (Å²) in [5.41, 5.74) is -0.0828. The Bertz CT molecular complexity index is 423. The molecule has 0 bridgehead atoms. The summed E-state index contributed by atoms with van der Waals surface area (Å²) >= 11 is 0. The zero-order chi connectivity index (χ0) is 13.3. The molecule has 3 heterocycles. The lowest BCUT2D eigenvalue weighted by molar-refractivity contribution is -0.157. The van der Waals surface area contributed by atoms with Gasteiger partial charge in [-0.1, -0.05) is 6.92 Å². The van der Waals surface area contributed by atoms with Crippen LogP contribution in [0.4, 0.5) is 0 Å². The van der Waals surface area contributed by atoms with Crippen LogP contribution in [0, 0.1) is 6.92 Å². The van der Waals surface area contributed by atoms with Gasteiger partial charge in [-0.3, -0.25) is 4.90 Å². The molecule has 0 aliphatic carbocycles. The van der Waals surface area contributed by atoms with Gasteiger partial charge in [-0.15, -0.1) is 0 Å². The van der Waals surface area contributed by atoms with E-state index < -0.39 is 0 Å². The molecule has 3 rings (SSSR count). The molecule has 2 saturated heterocycles. The van der Waals surface area contributed by atoms with Crippen LogP contribution in [-0.4, -0.2) is 42.9 Å². The molecule has 106 valence electrons. The molecule has 2 atom stereocenters. The highest BCUT2D eigenvalue weighted by Gasteiger charge is 2.43. The van der Waals surface area contributed by atoms with Crippen molar-refractivity contribution < 1.29 is 13.9 Å². The van der Waals surface area contributed by atoms with Gasteiger partial charge < -0.3 is 13.9 Å². The summed E-state index contributed by atoms with van der Waals surface area (Å²) in [6.07, 6.45) is 2.37. The van der Waals surface area contributed by atoms with Gasteiger partial charge >= 0.3 is 0 Å². The normalized spacial score (nSPS) is 32.2. The zero-order valence-electron chi connectivity index (χ0n) is 11.9. The molecule has 0 N–H and O–H groups in total. The van der Waals surface area contributed by atoms with Crippen LogP contribution in [0.5, 0.6) is 0 Å². The van der Waals surface area contributed by atoms with E-state index in [4.69, 9.17) is 13.9 Å². The second-order valence-corrected chi connectivity index (χ2v) is 5.82. The maximum atomic E-state index is 6.26. The smallest absolute Gasteiger partial charge is 0.118 e. The second kappa shape index (κ2) is 5.27. The van der Waals surface area contributed by atoms with E-state index in [1.54, 1.807) is 0 Å². The predicted octanol–water partition coefficient (Wildman–Crippen LogP) is 2.36. The molecule has 1 aromatic rings. The van der Waals surface area contributed by atoms with Crippen molar-refractivity contribution >= 4 is 0 Å². The van der Waals surface area contributed by atoms with Gasteiger partial charge in [-0.25, -0.2) is 0 Å². The maximum absolute atomic E-state index is 6.26. The van der Waals surface area contributed by atoms with Gasteiger partial charge in [0.15, 0.2) is 0 Å². The monoisotopic (exact) mass is 265 g/mol.